The van der Waals surface area contributed by atoms with Gasteiger partial charge in [0.15, 0.2) is 0 Å². The van der Waals surface area contributed by atoms with E-state index < -0.39 is 10.0 Å². The molecule has 0 saturated carbocycles. The highest BCUT2D eigenvalue weighted by Crippen LogP contribution is 2.11. The molecule has 0 unspecified atom stereocenters. The quantitative estimate of drug-likeness (QED) is 0.769. The fourth-order valence-corrected chi connectivity index (χ4v) is 2.71. The van der Waals surface area contributed by atoms with Crippen LogP contribution in [0, 0.1) is 13.8 Å². The van der Waals surface area contributed by atoms with Gasteiger partial charge in [0.05, 0.1) is 11.3 Å². The summed E-state index contributed by atoms with van der Waals surface area (Å²) in [5.41, 5.74) is 3.80. The van der Waals surface area contributed by atoms with Crippen LogP contribution >= 0.6 is 0 Å². The van der Waals surface area contributed by atoms with Crippen LogP contribution in [-0.2, 0) is 27.8 Å². The van der Waals surface area contributed by atoms with Crippen LogP contribution in [0.5, 0.6) is 0 Å². The molecule has 0 atom stereocenters. The average molecular weight is 321 g/mol. The summed E-state index contributed by atoms with van der Waals surface area (Å²) in [5.74, 6) is -0.0855. The molecule has 1 heterocycles. The first-order valence-corrected chi connectivity index (χ1v) is 8.34. The number of rotatable bonds is 5. The molecule has 0 saturated heterocycles. The van der Waals surface area contributed by atoms with Gasteiger partial charge in [-0.15, -0.1) is 0 Å². The molecule has 0 aliphatic rings. The number of aryl methyl sites for hydroxylation is 2. The number of benzene rings is 1. The van der Waals surface area contributed by atoms with Crippen molar-refractivity contribution < 1.29 is 13.2 Å². The van der Waals surface area contributed by atoms with Crippen LogP contribution in [0.2, 0.25) is 0 Å². The van der Waals surface area contributed by atoms with Crippen LogP contribution in [0.15, 0.2) is 35.2 Å². The van der Waals surface area contributed by atoms with Crippen LogP contribution in [0.1, 0.15) is 22.5 Å². The van der Waals surface area contributed by atoms with Crippen molar-refractivity contribution in [3.8, 4) is 0 Å². The first kappa shape index (κ1) is 16.3. The largest absolute Gasteiger partial charge is 0.362 e. The second-order valence-electron chi connectivity index (χ2n) is 5.25. The Morgan fingerprint density at radius 1 is 1.23 bits per heavy atom. The van der Waals surface area contributed by atoms with E-state index >= 15 is 0 Å². The molecule has 0 bridgehead atoms. The van der Waals surface area contributed by atoms with Crippen LogP contribution in [0.3, 0.4) is 0 Å². The highest BCUT2D eigenvalue weighted by Gasteiger charge is 2.09. The van der Waals surface area contributed by atoms with E-state index in [1.54, 1.807) is 12.1 Å². The monoisotopic (exact) mass is 321 g/mol. The molecule has 6 nitrogen and oxygen atoms in total. The minimum Gasteiger partial charge on any atom is -0.362 e. The van der Waals surface area contributed by atoms with Crippen molar-refractivity contribution in [3.05, 3.63) is 52.8 Å². The van der Waals surface area contributed by atoms with E-state index in [1.165, 1.54) is 12.1 Å². The molecule has 0 spiro atoms. The maximum Gasteiger partial charge on any atom is 0.238 e. The van der Waals surface area contributed by atoms with Crippen LogP contribution in [0.4, 0.5) is 0 Å². The number of primary sulfonamides is 1. The highest BCUT2D eigenvalue weighted by molar-refractivity contribution is 7.89. The summed E-state index contributed by atoms with van der Waals surface area (Å²) in [4.78, 5) is 15.1. The van der Waals surface area contributed by atoms with Crippen molar-refractivity contribution in [2.75, 3.05) is 0 Å². The van der Waals surface area contributed by atoms with E-state index in [-0.39, 0.29) is 10.8 Å². The zero-order valence-electron chi connectivity index (χ0n) is 12.5. The van der Waals surface area contributed by atoms with Crippen LogP contribution in [-0.4, -0.2) is 19.3 Å². The lowest BCUT2D eigenvalue weighted by molar-refractivity contribution is -0.120. The van der Waals surface area contributed by atoms with Crippen molar-refractivity contribution >= 4 is 15.9 Å². The van der Waals surface area contributed by atoms with Gasteiger partial charge < -0.3 is 10.3 Å². The van der Waals surface area contributed by atoms with E-state index in [9.17, 15) is 13.2 Å². The topological polar surface area (TPSA) is 105 Å². The lowest BCUT2D eigenvalue weighted by Crippen LogP contribution is -2.24. The van der Waals surface area contributed by atoms with Gasteiger partial charge in [0, 0.05) is 17.9 Å². The molecule has 1 amide bonds. The van der Waals surface area contributed by atoms with Gasteiger partial charge in [0.1, 0.15) is 0 Å². The van der Waals surface area contributed by atoms with Crippen LogP contribution in [0.25, 0.3) is 0 Å². The molecular weight excluding hydrogens is 302 g/mol. The van der Waals surface area contributed by atoms with E-state index in [2.05, 4.69) is 10.3 Å². The third-order valence-corrected chi connectivity index (χ3v) is 4.28. The Morgan fingerprint density at radius 2 is 1.86 bits per heavy atom. The number of hydrogen-bond donors (Lipinski definition) is 3. The number of sulfonamides is 1. The number of amides is 1. The van der Waals surface area contributed by atoms with Gasteiger partial charge in [0.2, 0.25) is 15.9 Å². The molecule has 1 aromatic carbocycles. The second kappa shape index (κ2) is 6.33. The Morgan fingerprint density at radius 3 is 2.36 bits per heavy atom. The predicted octanol–water partition coefficient (Wildman–Crippen LogP) is 1.14. The Hall–Kier alpha value is -2.12. The smallest absolute Gasteiger partial charge is 0.238 e. The fraction of sp³-hybridized carbons (Fsp3) is 0.267. The molecule has 2 rings (SSSR count). The maximum absolute atomic E-state index is 11.9. The highest BCUT2D eigenvalue weighted by atomic mass is 32.2. The summed E-state index contributed by atoms with van der Waals surface area (Å²) in [6, 6.07) is 8.07. The molecule has 0 aliphatic heterocycles. The lowest BCUT2D eigenvalue weighted by atomic mass is 10.1. The fourth-order valence-electron chi connectivity index (χ4n) is 2.20. The molecule has 7 heteroatoms. The zero-order valence-corrected chi connectivity index (χ0v) is 13.3. The Bertz CT molecular complexity index is 777. The number of aromatic amines is 1. The van der Waals surface area contributed by atoms with Crippen molar-refractivity contribution in [2.45, 2.75) is 31.7 Å². The van der Waals surface area contributed by atoms with Gasteiger partial charge in [-0.3, -0.25) is 4.79 Å². The third kappa shape index (κ3) is 4.19. The summed E-state index contributed by atoms with van der Waals surface area (Å²) in [6.07, 6.45) is 0.311. The summed E-state index contributed by atoms with van der Waals surface area (Å²) in [6.45, 7) is 4.22. The summed E-state index contributed by atoms with van der Waals surface area (Å²) < 4.78 is 22.3. The van der Waals surface area contributed by atoms with Crippen molar-refractivity contribution in [2.24, 2.45) is 5.14 Å². The molecule has 22 heavy (non-hydrogen) atoms. The number of hydrogen-bond acceptors (Lipinski definition) is 3. The molecule has 0 fully saturated rings. The number of nitrogens with two attached hydrogens (primary N) is 1. The van der Waals surface area contributed by atoms with Gasteiger partial charge in [-0.25, -0.2) is 13.6 Å². The molecule has 0 radical (unpaired) electrons. The van der Waals surface area contributed by atoms with Gasteiger partial charge in [-0.2, -0.15) is 0 Å². The van der Waals surface area contributed by atoms with Crippen molar-refractivity contribution in [3.63, 3.8) is 0 Å². The van der Waals surface area contributed by atoms with E-state index in [4.69, 9.17) is 5.14 Å². The van der Waals surface area contributed by atoms with E-state index in [0.717, 1.165) is 22.5 Å². The molecule has 0 aliphatic carbocycles. The first-order valence-electron chi connectivity index (χ1n) is 6.79. The average Bonchev–Trinajstić information content (AvgIpc) is 2.74. The SMILES string of the molecule is Cc1cc(CC(=O)NCc2ccc(S(N)(=O)=O)cc2)c(C)[nH]1. The lowest BCUT2D eigenvalue weighted by Gasteiger charge is -2.06. The summed E-state index contributed by atoms with van der Waals surface area (Å²) >= 11 is 0. The molecule has 2 aromatic rings. The van der Waals surface area contributed by atoms with Gasteiger partial charge in [0.25, 0.3) is 0 Å². The number of carbonyl (C=O) groups excluding carboxylic acids is 1. The van der Waals surface area contributed by atoms with E-state index in [0.29, 0.717) is 13.0 Å². The first-order chi connectivity index (χ1) is 10.3. The number of nitrogens with one attached hydrogen (secondary N) is 2. The maximum atomic E-state index is 11.9. The van der Waals surface area contributed by atoms with Crippen LogP contribution < -0.4 is 10.5 Å². The molecule has 1 aromatic heterocycles. The van der Waals surface area contributed by atoms with Crippen molar-refractivity contribution in [1.82, 2.24) is 10.3 Å². The third-order valence-electron chi connectivity index (χ3n) is 3.35. The van der Waals surface area contributed by atoms with Gasteiger partial charge in [-0.05, 0) is 43.2 Å². The minimum absolute atomic E-state index is 0.0565. The van der Waals surface area contributed by atoms with Gasteiger partial charge in [-0.1, -0.05) is 12.1 Å². The standard InChI is InChI=1S/C15H19N3O3S/c1-10-7-13(11(2)18-10)8-15(19)17-9-12-3-5-14(6-4-12)22(16,20)21/h3-7,18H,8-9H2,1-2H3,(H,17,19)(H2,16,20,21). The van der Waals surface area contributed by atoms with Crippen molar-refractivity contribution in [1.29, 1.82) is 0 Å². The summed E-state index contributed by atoms with van der Waals surface area (Å²) in [7, 11) is -3.68. The normalized spacial score (nSPS) is 11.4. The number of carbonyl (C=O) groups is 1. The Balaban J connectivity index is 1.92. The minimum atomic E-state index is -3.68. The zero-order chi connectivity index (χ0) is 16.3. The van der Waals surface area contributed by atoms with E-state index in [1.807, 2.05) is 19.9 Å². The molecular formula is C15H19N3O3S. The summed E-state index contributed by atoms with van der Waals surface area (Å²) in [5, 5.41) is 7.84. The molecule has 118 valence electrons. The predicted molar refractivity (Wildman–Crippen MR) is 83.6 cm³/mol. The number of H-pyrrole nitrogens is 1. The molecule has 4 N–H and O–H groups in total. The Kier molecular flexibility index (Phi) is 4.68. The van der Waals surface area contributed by atoms with Gasteiger partial charge >= 0.3 is 0 Å². The number of aromatic nitrogens is 1. The Labute approximate surface area is 129 Å². The second-order valence-corrected chi connectivity index (χ2v) is 6.81.